The first kappa shape index (κ1) is 13.8. The number of benzene rings is 1. The number of hydrogen-bond donors (Lipinski definition) is 2. The third kappa shape index (κ3) is 3.66. The fraction of sp³-hybridized carbons (Fsp3) is 0.200. The number of hydrogen-bond acceptors (Lipinski definition) is 4. The van der Waals surface area contributed by atoms with Crippen molar-refractivity contribution in [3.05, 3.63) is 54.6 Å². The molecule has 0 aliphatic rings. The molecule has 0 aliphatic heterocycles. The monoisotopic (exact) mass is 299 g/mol. The molecule has 108 valence electrons. The predicted molar refractivity (Wildman–Crippen MR) is 84.4 cm³/mol. The Kier molecular flexibility index (Phi) is 4.25. The van der Waals surface area contributed by atoms with Gasteiger partial charge < -0.3 is 9.88 Å². The molecule has 0 bridgehead atoms. The second-order valence-electron chi connectivity index (χ2n) is 4.62. The van der Waals surface area contributed by atoms with E-state index in [-0.39, 0.29) is 0 Å². The minimum absolute atomic E-state index is 0.802. The van der Waals surface area contributed by atoms with Gasteiger partial charge in [0.1, 0.15) is 6.33 Å². The van der Waals surface area contributed by atoms with Crippen molar-refractivity contribution in [1.29, 1.82) is 0 Å². The highest BCUT2D eigenvalue weighted by Gasteiger charge is 2.01. The van der Waals surface area contributed by atoms with Crippen LogP contribution in [0.1, 0.15) is 12.5 Å². The van der Waals surface area contributed by atoms with E-state index in [1.54, 1.807) is 11.8 Å². The fourth-order valence-corrected chi connectivity index (χ4v) is 2.69. The quantitative estimate of drug-likeness (QED) is 0.732. The largest absolute Gasteiger partial charge is 0.381 e. The van der Waals surface area contributed by atoms with Crippen LogP contribution in [0, 0.1) is 0 Å². The van der Waals surface area contributed by atoms with Crippen molar-refractivity contribution in [2.75, 3.05) is 5.32 Å². The predicted octanol–water partition coefficient (Wildman–Crippen LogP) is 3.39. The standard InChI is InChI=1S/C15H17N5S/c1-2-20-8-7-12(10-20)9-16-13-3-5-14(6-4-13)21-15-17-11-18-19-15/h3-8,10-11,16H,2,9H2,1H3,(H,17,18,19). The molecule has 0 amide bonds. The lowest BCUT2D eigenvalue weighted by Crippen LogP contribution is -1.98. The van der Waals surface area contributed by atoms with Crippen molar-refractivity contribution in [2.24, 2.45) is 0 Å². The van der Waals surface area contributed by atoms with Crippen LogP contribution >= 0.6 is 11.8 Å². The summed E-state index contributed by atoms with van der Waals surface area (Å²) in [6, 6.07) is 10.5. The molecule has 0 atom stereocenters. The van der Waals surface area contributed by atoms with Gasteiger partial charge in [-0.25, -0.2) is 4.98 Å². The summed E-state index contributed by atoms with van der Waals surface area (Å²) in [6.45, 7) is 3.98. The van der Waals surface area contributed by atoms with Gasteiger partial charge in [0.2, 0.25) is 0 Å². The molecule has 2 N–H and O–H groups in total. The first-order chi connectivity index (χ1) is 10.3. The van der Waals surface area contributed by atoms with Crippen LogP contribution in [0.4, 0.5) is 5.69 Å². The van der Waals surface area contributed by atoms with E-state index in [2.05, 4.69) is 74.7 Å². The van der Waals surface area contributed by atoms with Gasteiger partial charge in [0.05, 0.1) is 0 Å². The lowest BCUT2D eigenvalue weighted by molar-refractivity contribution is 0.766. The number of aromatic amines is 1. The van der Waals surface area contributed by atoms with Gasteiger partial charge in [0.15, 0.2) is 5.16 Å². The van der Waals surface area contributed by atoms with Gasteiger partial charge in [-0.3, -0.25) is 5.10 Å². The van der Waals surface area contributed by atoms with E-state index in [0.717, 1.165) is 28.8 Å². The minimum Gasteiger partial charge on any atom is -0.381 e. The fourth-order valence-electron chi connectivity index (χ4n) is 1.99. The van der Waals surface area contributed by atoms with Crippen LogP contribution in [0.3, 0.4) is 0 Å². The molecular weight excluding hydrogens is 282 g/mol. The van der Waals surface area contributed by atoms with Crippen molar-refractivity contribution >= 4 is 17.4 Å². The van der Waals surface area contributed by atoms with E-state index < -0.39 is 0 Å². The topological polar surface area (TPSA) is 58.5 Å². The van der Waals surface area contributed by atoms with Crippen LogP contribution in [0.5, 0.6) is 0 Å². The summed E-state index contributed by atoms with van der Waals surface area (Å²) in [7, 11) is 0. The molecule has 21 heavy (non-hydrogen) atoms. The Morgan fingerprint density at radius 1 is 1.24 bits per heavy atom. The second-order valence-corrected chi connectivity index (χ2v) is 5.68. The molecule has 6 heteroatoms. The molecule has 2 aromatic heterocycles. The van der Waals surface area contributed by atoms with E-state index in [9.17, 15) is 0 Å². The molecule has 0 fully saturated rings. The molecule has 0 radical (unpaired) electrons. The van der Waals surface area contributed by atoms with Crippen molar-refractivity contribution in [3.8, 4) is 0 Å². The third-order valence-electron chi connectivity index (χ3n) is 3.14. The van der Waals surface area contributed by atoms with Gasteiger partial charge in [-0.05, 0) is 42.8 Å². The summed E-state index contributed by atoms with van der Waals surface area (Å²) in [5.74, 6) is 0. The van der Waals surface area contributed by atoms with E-state index >= 15 is 0 Å². The Morgan fingerprint density at radius 3 is 2.76 bits per heavy atom. The van der Waals surface area contributed by atoms with Gasteiger partial charge in [0.25, 0.3) is 0 Å². The number of anilines is 1. The van der Waals surface area contributed by atoms with Crippen molar-refractivity contribution < 1.29 is 0 Å². The van der Waals surface area contributed by atoms with Gasteiger partial charge in [-0.15, -0.1) is 0 Å². The Morgan fingerprint density at radius 2 is 2.10 bits per heavy atom. The van der Waals surface area contributed by atoms with Crippen LogP contribution in [0.2, 0.25) is 0 Å². The Hall–Kier alpha value is -2.21. The molecule has 1 aromatic carbocycles. The normalized spacial score (nSPS) is 10.7. The number of rotatable bonds is 6. The molecule has 0 spiro atoms. The molecule has 2 heterocycles. The maximum absolute atomic E-state index is 4.10. The molecule has 0 saturated heterocycles. The number of H-pyrrole nitrogens is 1. The molecule has 0 aliphatic carbocycles. The summed E-state index contributed by atoms with van der Waals surface area (Å²) >= 11 is 1.56. The molecule has 3 aromatic rings. The van der Waals surface area contributed by atoms with Gasteiger partial charge >= 0.3 is 0 Å². The van der Waals surface area contributed by atoms with E-state index in [1.165, 1.54) is 11.9 Å². The maximum atomic E-state index is 4.10. The zero-order valence-electron chi connectivity index (χ0n) is 11.8. The average Bonchev–Trinajstić information content (AvgIpc) is 3.18. The highest BCUT2D eigenvalue weighted by atomic mass is 32.2. The van der Waals surface area contributed by atoms with Gasteiger partial charge in [0, 0.05) is 36.1 Å². The zero-order chi connectivity index (χ0) is 14.5. The Bertz CT molecular complexity index is 672. The zero-order valence-corrected chi connectivity index (χ0v) is 12.6. The average molecular weight is 299 g/mol. The first-order valence-corrected chi connectivity index (χ1v) is 7.67. The van der Waals surface area contributed by atoms with E-state index in [0.29, 0.717) is 0 Å². The smallest absolute Gasteiger partial charge is 0.188 e. The number of aromatic nitrogens is 4. The van der Waals surface area contributed by atoms with E-state index in [1.807, 2.05) is 0 Å². The minimum atomic E-state index is 0.802. The molecule has 5 nitrogen and oxygen atoms in total. The van der Waals surface area contributed by atoms with Crippen molar-refractivity contribution in [1.82, 2.24) is 19.7 Å². The summed E-state index contributed by atoms with van der Waals surface area (Å²) < 4.78 is 2.17. The van der Waals surface area contributed by atoms with Crippen LogP contribution in [0.25, 0.3) is 0 Å². The highest BCUT2D eigenvalue weighted by molar-refractivity contribution is 7.99. The molecular formula is C15H17N5S. The number of aryl methyl sites for hydroxylation is 1. The van der Waals surface area contributed by atoms with Crippen molar-refractivity contribution in [3.63, 3.8) is 0 Å². The number of nitrogens with zero attached hydrogens (tertiary/aromatic N) is 3. The number of nitrogens with one attached hydrogen (secondary N) is 2. The maximum Gasteiger partial charge on any atom is 0.188 e. The molecule has 3 rings (SSSR count). The van der Waals surface area contributed by atoms with Crippen LogP contribution < -0.4 is 5.32 Å². The molecule has 0 saturated carbocycles. The lowest BCUT2D eigenvalue weighted by atomic mass is 10.3. The van der Waals surface area contributed by atoms with Gasteiger partial charge in [-0.2, -0.15) is 5.10 Å². The van der Waals surface area contributed by atoms with Crippen LogP contribution in [0.15, 0.2) is 59.1 Å². The van der Waals surface area contributed by atoms with Gasteiger partial charge in [-0.1, -0.05) is 11.8 Å². The summed E-state index contributed by atoms with van der Waals surface area (Å²) in [4.78, 5) is 5.23. The first-order valence-electron chi connectivity index (χ1n) is 6.85. The SMILES string of the molecule is CCn1ccc(CNc2ccc(Sc3ncn[nH]3)cc2)c1. The molecule has 0 unspecified atom stereocenters. The van der Waals surface area contributed by atoms with Crippen molar-refractivity contribution in [2.45, 2.75) is 30.1 Å². The lowest BCUT2D eigenvalue weighted by Gasteiger charge is -2.06. The summed E-state index contributed by atoms with van der Waals surface area (Å²) in [5, 5.41) is 10.9. The van der Waals surface area contributed by atoms with Crippen LogP contribution in [-0.4, -0.2) is 19.7 Å². The summed E-state index contributed by atoms with van der Waals surface area (Å²) in [6.07, 6.45) is 5.79. The van der Waals surface area contributed by atoms with E-state index in [4.69, 9.17) is 0 Å². The van der Waals surface area contributed by atoms with Crippen LogP contribution in [-0.2, 0) is 13.1 Å². The Labute approximate surface area is 127 Å². The summed E-state index contributed by atoms with van der Waals surface area (Å²) in [5.41, 5.74) is 2.40. The highest BCUT2D eigenvalue weighted by Crippen LogP contribution is 2.25. The third-order valence-corrected chi connectivity index (χ3v) is 4.03. The Balaban J connectivity index is 1.56. The second kappa shape index (κ2) is 6.49.